The Morgan fingerprint density at radius 1 is 1.32 bits per heavy atom. The average Bonchev–Trinajstić information content (AvgIpc) is 3.09. The second-order valence-corrected chi connectivity index (χ2v) is 5.98. The quantitative estimate of drug-likeness (QED) is 0.717. The van der Waals surface area contributed by atoms with Gasteiger partial charge in [0.05, 0.1) is 12.7 Å². The fourth-order valence-corrected chi connectivity index (χ4v) is 2.94. The molecule has 3 aromatic heterocycles. The molecule has 1 atom stereocenters. The zero-order chi connectivity index (χ0) is 18.1. The summed E-state index contributed by atoms with van der Waals surface area (Å²) in [5, 5.41) is 0. The molecule has 0 saturated carbocycles. The van der Waals surface area contributed by atoms with Gasteiger partial charge in [0.15, 0.2) is 0 Å². The molecule has 0 radical (unpaired) electrons. The molecular formula is C18H20N4O3. The van der Waals surface area contributed by atoms with Crippen molar-refractivity contribution in [3.8, 4) is 11.1 Å². The number of carbonyl (C=O) groups is 1. The molecule has 2 N–H and O–H groups in total. The number of hydrogen-bond acceptors (Lipinski definition) is 5. The Labute approximate surface area is 144 Å². The number of hydrogen-bond donors (Lipinski definition) is 1. The molecule has 0 amide bonds. The van der Waals surface area contributed by atoms with E-state index in [9.17, 15) is 9.59 Å². The summed E-state index contributed by atoms with van der Waals surface area (Å²) in [6, 6.07) is 4.86. The van der Waals surface area contributed by atoms with E-state index in [-0.39, 0.29) is 5.56 Å². The van der Waals surface area contributed by atoms with E-state index in [1.54, 1.807) is 30.2 Å². The van der Waals surface area contributed by atoms with Gasteiger partial charge in [-0.15, -0.1) is 0 Å². The molecule has 3 aromatic rings. The summed E-state index contributed by atoms with van der Waals surface area (Å²) in [6.45, 7) is 1.90. The number of methoxy groups -OCH3 is 1. The summed E-state index contributed by atoms with van der Waals surface area (Å²) < 4.78 is 8.08. The van der Waals surface area contributed by atoms with Gasteiger partial charge in [-0.3, -0.25) is 9.59 Å². The van der Waals surface area contributed by atoms with Gasteiger partial charge in [0, 0.05) is 43.3 Å². The number of aryl methyl sites for hydroxylation is 2. The predicted octanol–water partition coefficient (Wildman–Crippen LogP) is 1.05. The zero-order valence-corrected chi connectivity index (χ0v) is 14.4. The first-order valence-electron chi connectivity index (χ1n) is 7.89. The number of rotatable bonds is 4. The van der Waals surface area contributed by atoms with E-state index in [0.717, 1.165) is 16.8 Å². The lowest BCUT2D eigenvalue weighted by atomic mass is 10.0. The van der Waals surface area contributed by atoms with E-state index in [2.05, 4.69) is 9.72 Å². The second kappa shape index (κ2) is 6.52. The van der Waals surface area contributed by atoms with Crippen molar-refractivity contribution in [2.24, 2.45) is 12.8 Å². The number of carbonyl (C=O) groups excluding carboxylic acids is 1. The maximum atomic E-state index is 12.6. The predicted molar refractivity (Wildman–Crippen MR) is 94.3 cm³/mol. The van der Waals surface area contributed by atoms with Crippen LogP contribution in [0.5, 0.6) is 0 Å². The number of aromatic nitrogens is 3. The minimum atomic E-state index is -0.757. The summed E-state index contributed by atoms with van der Waals surface area (Å²) in [6.07, 6.45) is 5.51. The van der Waals surface area contributed by atoms with Crippen molar-refractivity contribution in [2.75, 3.05) is 7.11 Å². The molecular weight excluding hydrogens is 320 g/mol. The van der Waals surface area contributed by atoms with Gasteiger partial charge >= 0.3 is 5.97 Å². The fraction of sp³-hybridized carbons (Fsp3) is 0.278. The van der Waals surface area contributed by atoms with E-state index >= 15 is 0 Å². The number of pyridine rings is 2. The van der Waals surface area contributed by atoms with Crippen LogP contribution in [0.2, 0.25) is 0 Å². The highest BCUT2D eigenvalue weighted by Gasteiger charge is 2.19. The Bertz CT molecular complexity index is 1000. The van der Waals surface area contributed by atoms with Crippen LogP contribution in [-0.2, 0) is 23.0 Å². The number of nitrogens with two attached hydrogens (primary N) is 1. The molecule has 25 heavy (non-hydrogen) atoms. The van der Waals surface area contributed by atoms with Crippen LogP contribution in [0, 0.1) is 6.92 Å². The first-order valence-corrected chi connectivity index (χ1v) is 7.89. The van der Waals surface area contributed by atoms with Gasteiger partial charge in [0.25, 0.3) is 5.56 Å². The molecule has 3 heterocycles. The van der Waals surface area contributed by atoms with E-state index in [4.69, 9.17) is 5.73 Å². The Kier molecular flexibility index (Phi) is 4.41. The van der Waals surface area contributed by atoms with Crippen LogP contribution in [0.15, 0.2) is 41.6 Å². The highest BCUT2D eigenvalue weighted by Crippen LogP contribution is 2.25. The summed E-state index contributed by atoms with van der Waals surface area (Å²) >= 11 is 0. The third kappa shape index (κ3) is 2.94. The summed E-state index contributed by atoms with van der Waals surface area (Å²) in [5.74, 6) is -0.467. The van der Waals surface area contributed by atoms with Crippen molar-refractivity contribution in [1.82, 2.24) is 14.0 Å². The average molecular weight is 340 g/mol. The SMILES string of the molecule is COC(=O)[C@@H](N)Cc1ccc(-c2c(C)ccn(C)c2=O)c2nccn12. The van der Waals surface area contributed by atoms with Crippen LogP contribution in [-0.4, -0.2) is 33.1 Å². The Morgan fingerprint density at radius 2 is 2.08 bits per heavy atom. The smallest absolute Gasteiger partial charge is 0.323 e. The van der Waals surface area contributed by atoms with Crippen LogP contribution in [0.25, 0.3) is 16.8 Å². The van der Waals surface area contributed by atoms with Crippen molar-refractivity contribution in [1.29, 1.82) is 0 Å². The number of esters is 1. The third-order valence-electron chi connectivity index (χ3n) is 4.31. The van der Waals surface area contributed by atoms with E-state index in [1.165, 1.54) is 7.11 Å². The lowest BCUT2D eigenvalue weighted by molar-refractivity contribution is -0.142. The van der Waals surface area contributed by atoms with Crippen LogP contribution >= 0.6 is 0 Å². The maximum Gasteiger partial charge on any atom is 0.323 e. The molecule has 0 fully saturated rings. The highest BCUT2D eigenvalue weighted by molar-refractivity contribution is 5.80. The van der Waals surface area contributed by atoms with Crippen LogP contribution in [0.3, 0.4) is 0 Å². The van der Waals surface area contributed by atoms with Gasteiger partial charge in [-0.25, -0.2) is 4.98 Å². The van der Waals surface area contributed by atoms with E-state index < -0.39 is 12.0 Å². The molecule has 0 aliphatic rings. The first-order chi connectivity index (χ1) is 11.9. The standard InChI is InChI=1S/C18H20N4O3/c1-11-6-8-21(2)17(23)15(11)13-5-4-12(10-14(19)18(24)25-3)22-9-7-20-16(13)22/h4-9,14H,10,19H2,1-3H3/t14-/m0/s1. The van der Waals surface area contributed by atoms with Crippen LogP contribution in [0.4, 0.5) is 0 Å². The van der Waals surface area contributed by atoms with Crippen molar-refractivity contribution < 1.29 is 9.53 Å². The Hall–Kier alpha value is -2.93. The topological polar surface area (TPSA) is 91.6 Å². The largest absolute Gasteiger partial charge is 0.468 e. The molecule has 0 bridgehead atoms. The molecule has 0 aromatic carbocycles. The second-order valence-electron chi connectivity index (χ2n) is 5.98. The van der Waals surface area contributed by atoms with Crippen molar-refractivity contribution in [3.63, 3.8) is 0 Å². The minimum absolute atomic E-state index is 0.0797. The number of imidazole rings is 1. The lowest BCUT2D eigenvalue weighted by Crippen LogP contribution is -2.34. The van der Waals surface area contributed by atoms with Gasteiger partial charge in [-0.05, 0) is 30.7 Å². The molecule has 0 unspecified atom stereocenters. The van der Waals surface area contributed by atoms with Gasteiger partial charge < -0.3 is 19.4 Å². The molecule has 0 spiro atoms. The van der Waals surface area contributed by atoms with Crippen LogP contribution < -0.4 is 11.3 Å². The van der Waals surface area contributed by atoms with Crippen LogP contribution in [0.1, 0.15) is 11.3 Å². The third-order valence-corrected chi connectivity index (χ3v) is 4.31. The number of ether oxygens (including phenoxy) is 1. The van der Waals surface area contributed by atoms with Gasteiger partial charge in [0.2, 0.25) is 0 Å². The number of fused-ring (bicyclic) bond motifs is 1. The van der Waals surface area contributed by atoms with Crippen molar-refractivity contribution >= 4 is 11.6 Å². The number of nitrogens with zero attached hydrogens (tertiary/aromatic N) is 3. The Balaban J connectivity index is 2.15. The molecule has 130 valence electrons. The molecule has 0 saturated heterocycles. The fourth-order valence-electron chi connectivity index (χ4n) is 2.94. The Morgan fingerprint density at radius 3 is 2.80 bits per heavy atom. The molecule has 3 rings (SSSR count). The lowest BCUT2D eigenvalue weighted by Gasteiger charge is -2.14. The van der Waals surface area contributed by atoms with Crippen molar-refractivity contribution in [3.05, 3.63) is 58.4 Å². The van der Waals surface area contributed by atoms with E-state index in [0.29, 0.717) is 17.6 Å². The van der Waals surface area contributed by atoms with Gasteiger partial charge in [0.1, 0.15) is 11.7 Å². The normalized spacial score (nSPS) is 12.3. The van der Waals surface area contributed by atoms with Gasteiger partial charge in [-0.1, -0.05) is 0 Å². The molecule has 0 aliphatic carbocycles. The van der Waals surface area contributed by atoms with Gasteiger partial charge in [-0.2, -0.15) is 0 Å². The minimum Gasteiger partial charge on any atom is -0.468 e. The summed E-state index contributed by atoms with van der Waals surface area (Å²) in [7, 11) is 3.03. The summed E-state index contributed by atoms with van der Waals surface area (Å²) in [5.41, 5.74) is 9.51. The maximum absolute atomic E-state index is 12.6. The van der Waals surface area contributed by atoms with E-state index in [1.807, 2.05) is 29.5 Å². The molecule has 0 aliphatic heterocycles. The molecule has 7 heteroatoms. The zero-order valence-electron chi connectivity index (χ0n) is 14.4. The summed E-state index contributed by atoms with van der Waals surface area (Å²) in [4.78, 5) is 28.6. The molecule has 7 nitrogen and oxygen atoms in total. The highest BCUT2D eigenvalue weighted by atomic mass is 16.5. The monoisotopic (exact) mass is 340 g/mol. The first kappa shape index (κ1) is 16.9. The van der Waals surface area contributed by atoms with Crippen molar-refractivity contribution in [2.45, 2.75) is 19.4 Å².